The van der Waals surface area contributed by atoms with Crippen molar-refractivity contribution < 1.29 is 4.42 Å². The lowest BCUT2D eigenvalue weighted by Gasteiger charge is -1.85. The predicted molar refractivity (Wildman–Crippen MR) is 58.2 cm³/mol. The Morgan fingerprint density at radius 1 is 0.769 bits per heavy atom. The van der Waals surface area contributed by atoms with Gasteiger partial charge in [-0.1, -0.05) is 20.8 Å². The first-order valence-electron chi connectivity index (χ1n) is 4.89. The van der Waals surface area contributed by atoms with Gasteiger partial charge < -0.3 is 4.42 Å². The quantitative estimate of drug-likeness (QED) is 0.586. The lowest BCUT2D eigenvalue weighted by atomic mass is 10.2. The van der Waals surface area contributed by atoms with Crippen molar-refractivity contribution in [3.63, 3.8) is 0 Å². The Balaban J connectivity index is 0.000000310. The van der Waals surface area contributed by atoms with Crippen LogP contribution in [0.2, 0.25) is 0 Å². The Morgan fingerprint density at radius 2 is 1.00 bits per heavy atom. The molecule has 0 aliphatic carbocycles. The summed E-state index contributed by atoms with van der Waals surface area (Å²) in [5.41, 5.74) is 2.57. The number of hydrogen-bond acceptors (Lipinski definition) is 1. The zero-order valence-corrected chi connectivity index (χ0v) is 9.99. The van der Waals surface area contributed by atoms with Gasteiger partial charge >= 0.3 is 0 Å². The largest absolute Gasteiger partial charge is 0.466 e. The van der Waals surface area contributed by atoms with E-state index in [2.05, 4.69) is 34.6 Å². The highest BCUT2D eigenvalue weighted by molar-refractivity contribution is 5.29. The second kappa shape index (κ2) is 5.11. The fourth-order valence-electron chi connectivity index (χ4n) is 0.911. The Labute approximate surface area is 82.2 Å². The molecule has 1 aromatic rings. The molecule has 13 heavy (non-hydrogen) atoms. The van der Waals surface area contributed by atoms with E-state index >= 15 is 0 Å². The maximum absolute atomic E-state index is 5.34. The van der Waals surface area contributed by atoms with Gasteiger partial charge in [0.05, 0.1) is 0 Å². The minimum absolute atomic E-state index is 0.833. The second-order valence-corrected chi connectivity index (χ2v) is 4.20. The van der Waals surface area contributed by atoms with Gasteiger partial charge in [-0.3, -0.25) is 0 Å². The van der Waals surface area contributed by atoms with Gasteiger partial charge in [0.15, 0.2) is 0 Å². The van der Waals surface area contributed by atoms with E-state index in [0.717, 1.165) is 17.4 Å². The van der Waals surface area contributed by atoms with Crippen LogP contribution in [0, 0.1) is 33.6 Å². The summed E-state index contributed by atoms with van der Waals surface area (Å²) in [5.74, 6) is 2.93. The first kappa shape index (κ1) is 12.3. The van der Waals surface area contributed by atoms with Gasteiger partial charge in [-0.2, -0.15) is 0 Å². The zero-order chi connectivity index (χ0) is 10.6. The van der Waals surface area contributed by atoms with Gasteiger partial charge in [-0.25, -0.2) is 0 Å². The van der Waals surface area contributed by atoms with E-state index in [0.29, 0.717) is 0 Å². The van der Waals surface area contributed by atoms with Crippen LogP contribution in [0.25, 0.3) is 0 Å². The molecule has 0 aliphatic rings. The second-order valence-electron chi connectivity index (χ2n) is 4.20. The average Bonchev–Trinajstić information content (AvgIpc) is 2.17. The van der Waals surface area contributed by atoms with E-state index < -0.39 is 0 Å². The SMILES string of the molecule is CC(C)C.Cc1oc(C)c(C)c1C. The Hall–Kier alpha value is -0.720. The molecule has 76 valence electrons. The van der Waals surface area contributed by atoms with Crippen molar-refractivity contribution in [2.45, 2.75) is 48.5 Å². The third-order valence-corrected chi connectivity index (χ3v) is 1.92. The number of hydrogen-bond donors (Lipinski definition) is 0. The molecule has 0 saturated heterocycles. The molecule has 1 nitrogen and oxygen atoms in total. The monoisotopic (exact) mass is 182 g/mol. The van der Waals surface area contributed by atoms with E-state index in [1.165, 1.54) is 11.1 Å². The highest BCUT2D eigenvalue weighted by atomic mass is 16.3. The smallest absolute Gasteiger partial charge is 0.104 e. The van der Waals surface area contributed by atoms with Crippen LogP contribution in [0.15, 0.2) is 4.42 Å². The van der Waals surface area contributed by atoms with Crippen LogP contribution in [-0.2, 0) is 0 Å². The molecule has 0 N–H and O–H groups in total. The molecule has 0 bridgehead atoms. The third kappa shape index (κ3) is 4.16. The summed E-state index contributed by atoms with van der Waals surface area (Å²) < 4.78 is 5.34. The summed E-state index contributed by atoms with van der Waals surface area (Å²) >= 11 is 0. The molecule has 1 heteroatoms. The highest BCUT2D eigenvalue weighted by Crippen LogP contribution is 2.18. The predicted octanol–water partition coefficient (Wildman–Crippen LogP) is 4.18. The van der Waals surface area contributed by atoms with Crippen LogP contribution in [-0.4, -0.2) is 0 Å². The van der Waals surface area contributed by atoms with Crippen LogP contribution in [0.5, 0.6) is 0 Å². The minimum atomic E-state index is 0.833. The molecular weight excluding hydrogens is 160 g/mol. The first-order chi connectivity index (χ1) is 5.86. The first-order valence-corrected chi connectivity index (χ1v) is 4.89. The topological polar surface area (TPSA) is 13.1 Å². The van der Waals surface area contributed by atoms with Gasteiger partial charge in [0.2, 0.25) is 0 Å². The molecule has 1 heterocycles. The molecule has 1 rings (SSSR count). The molecule has 1 aromatic heterocycles. The van der Waals surface area contributed by atoms with E-state index in [1.54, 1.807) is 0 Å². The van der Waals surface area contributed by atoms with Crippen LogP contribution >= 0.6 is 0 Å². The fraction of sp³-hybridized carbons (Fsp3) is 0.667. The van der Waals surface area contributed by atoms with Gasteiger partial charge in [0, 0.05) is 0 Å². The van der Waals surface area contributed by atoms with E-state index in [-0.39, 0.29) is 0 Å². The van der Waals surface area contributed by atoms with Crippen molar-refractivity contribution in [1.29, 1.82) is 0 Å². The molecule has 0 saturated carbocycles. The number of aryl methyl sites for hydroxylation is 2. The average molecular weight is 182 g/mol. The summed E-state index contributed by atoms with van der Waals surface area (Å²) in [6.07, 6.45) is 0. The summed E-state index contributed by atoms with van der Waals surface area (Å²) in [6, 6.07) is 0. The molecular formula is C12H22O. The molecule has 0 unspecified atom stereocenters. The standard InChI is InChI=1S/C8H12O.C4H10/c1-5-6(2)8(4)9-7(5)3;1-4(2)3/h1-4H3;4H,1-3H3. The zero-order valence-electron chi connectivity index (χ0n) is 9.99. The van der Waals surface area contributed by atoms with Gasteiger partial charge in [0.25, 0.3) is 0 Å². The summed E-state index contributed by atoms with van der Waals surface area (Å²) in [5, 5.41) is 0. The summed E-state index contributed by atoms with van der Waals surface area (Å²) in [6.45, 7) is 14.7. The fourth-order valence-corrected chi connectivity index (χ4v) is 0.911. The van der Waals surface area contributed by atoms with E-state index in [4.69, 9.17) is 4.42 Å². The summed E-state index contributed by atoms with van der Waals surface area (Å²) in [4.78, 5) is 0. The van der Waals surface area contributed by atoms with Crippen LogP contribution in [0.4, 0.5) is 0 Å². The molecule has 0 amide bonds. The van der Waals surface area contributed by atoms with Crippen LogP contribution in [0.1, 0.15) is 43.4 Å². The van der Waals surface area contributed by atoms with Crippen molar-refractivity contribution in [1.82, 2.24) is 0 Å². The van der Waals surface area contributed by atoms with Crippen molar-refractivity contribution in [3.8, 4) is 0 Å². The maximum Gasteiger partial charge on any atom is 0.104 e. The van der Waals surface area contributed by atoms with Crippen LogP contribution < -0.4 is 0 Å². The van der Waals surface area contributed by atoms with E-state index in [1.807, 2.05) is 13.8 Å². The molecule has 0 aromatic carbocycles. The molecule has 0 radical (unpaired) electrons. The Morgan fingerprint density at radius 3 is 1.08 bits per heavy atom. The highest BCUT2D eigenvalue weighted by Gasteiger charge is 2.04. The molecule has 0 atom stereocenters. The number of furan rings is 1. The van der Waals surface area contributed by atoms with Gasteiger partial charge in [-0.05, 0) is 44.7 Å². The molecule has 0 fully saturated rings. The Bertz CT molecular complexity index is 231. The van der Waals surface area contributed by atoms with Crippen LogP contribution in [0.3, 0.4) is 0 Å². The van der Waals surface area contributed by atoms with Crippen molar-refractivity contribution in [2.75, 3.05) is 0 Å². The normalized spacial score (nSPS) is 9.85. The molecule has 0 spiro atoms. The Kier molecular flexibility index (Phi) is 4.82. The molecule has 0 aliphatic heterocycles. The lowest BCUT2D eigenvalue weighted by molar-refractivity contribution is 0.501. The number of rotatable bonds is 0. The van der Waals surface area contributed by atoms with Crippen molar-refractivity contribution in [3.05, 3.63) is 22.6 Å². The van der Waals surface area contributed by atoms with Crippen molar-refractivity contribution in [2.24, 2.45) is 5.92 Å². The van der Waals surface area contributed by atoms with Gasteiger partial charge in [-0.15, -0.1) is 0 Å². The maximum atomic E-state index is 5.34. The van der Waals surface area contributed by atoms with Crippen molar-refractivity contribution >= 4 is 0 Å². The lowest BCUT2D eigenvalue weighted by Crippen LogP contribution is -1.73. The van der Waals surface area contributed by atoms with Gasteiger partial charge in [0.1, 0.15) is 11.5 Å². The minimum Gasteiger partial charge on any atom is -0.466 e. The van der Waals surface area contributed by atoms with E-state index in [9.17, 15) is 0 Å². The third-order valence-electron chi connectivity index (χ3n) is 1.92. The summed E-state index contributed by atoms with van der Waals surface area (Å²) in [7, 11) is 0.